The Kier molecular flexibility index (Phi) is 8.77. The molecule has 1 saturated heterocycles. The molecule has 1 aromatic rings. The molecule has 0 radical (unpaired) electrons. The van der Waals surface area contributed by atoms with Crippen molar-refractivity contribution in [3.05, 3.63) is 52.6 Å². The van der Waals surface area contributed by atoms with Crippen molar-refractivity contribution in [3.63, 3.8) is 0 Å². The molecule has 1 unspecified atom stereocenters. The lowest BCUT2D eigenvalue weighted by molar-refractivity contribution is -0.384. The van der Waals surface area contributed by atoms with Crippen molar-refractivity contribution in [2.24, 2.45) is 4.99 Å². The lowest BCUT2D eigenvalue weighted by atomic mass is 10.0. The minimum Gasteiger partial charge on any atom is -0.356 e. The first-order chi connectivity index (χ1) is 13.1. The summed E-state index contributed by atoms with van der Waals surface area (Å²) in [5, 5.41) is 17.3. The second-order valence-electron chi connectivity index (χ2n) is 6.92. The number of hydrogen-bond donors (Lipinski definition) is 2. The number of piperidine rings is 1. The van der Waals surface area contributed by atoms with Crippen LogP contribution < -0.4 is 10.6 Å². The third-order valence-electron chi connectivity index (χ3n) is 4.84. The molecule has 7 nitrogen and oxygen atoms in total. The Bertz CT molecular complexity index is 630. The molecule has 148 valence electrons. The van der Waals surface area contributed by atoms with Gasteiger partial charge in [0.05, 0.1) is 11.5 Å². The predicted molar refractivity (Wildman–Crippen MR) is 110 cm³/mol. The number of nitro benzene ring substituents is 1. The van der Waals surface area contributed by atoms with Gasteiger partial charge in [-0.1, -0.05) is 24.6 Å². The predicted octanol–water partition coefficient (Wildman–Crippen LogP) is 3.08. The molecule has 2 rings (SSSR count). The van der Waals surface area contributed by atoms with E-state index in [1.54, 1.807) is 18.2 Å². The topological polar surface area (TPSA) is 82.8 Å². The maximum absolute atomic E-state index is 10.7. The average Bonchev–Trinajstić information content (AvgIpc) is 2.68. The number of aliphatic imine (C=N–C) groups is 1. The molecule has 0 spiro atoms. The molecule has 0 amide bonds. The zero-order chi connectivity index (χ0) is 19.5. The van der Waals surface area contributed by atoms with Gasteiger partial charge in [-0.05, 0) is 38.3 Å². The van der Waals surface area contributed by atoms with Crippen LogP contribution in [-0.2, 0) is 6.54 Å². The molecular formula is C20H31N5O2. The van der Waals surface area contributed by atoms with Crippen molar-refractivity contribution in [3.8, 4) is 0 Å². The number of nitro groups is 1. The maximum atomic E-state index is 10.7. The number of hydrogen-bond acceptors (Lipinski definition) is 4. The molecule has 2 N–H and O–H groups in total. The number of non-ortho nitro benzene ring substituents is 1. The van der Waals surface area contributed by atoms with Crippen LogP contribution in [0.15, 0.2) is 41.9 Å². The number of rotatable bonds is 9. The van der Waals surface area contributed by atoms with E-state index in [4.69, 9.17) is 0 Å². The van der Waals surface area contributed by atoms with E-state index in [-0.39, 0.29) is 5.69 Å². The summed E-state index contributed by atoms with van der Waals surface area (Å²) in [6.45, 7) is 10.3. The standard InChI is InChI=1S/C20H31N5O2/c1-3-12-21-20(22-13-6-15-24-14-5-4-7-17(24)2)23-16-18-8-10-19(11-9-18)25(26)27/h3,8-11,17H,1,4-7,12-16H2,2H3,(H2,21,22,23). The Balaban J connectivity index is 1.81. The zero-order valence-corrected chi connectivity index (χ0v) is 16.2. The molecule has 0 aliphatic carbocycles. The van der Waals surface area contributed by atoms with Crippen LogP contribution in [0.25, 0.3) is 0 Å². The number of guanidine groups is 1. The van der Waals surface area contributed by atoms with Gasteiger partial charge in [0, 0.05) is 37.8 Å². The molecular weight excluding hydrogens is 342 g/mol. The minimum absolute atomic E-state index is 0.0952. The van der Waals surface area contributed by atoms with E-state index in [1.807, 2.05) is 0 Å². The summed E-state index contributed by atoms with van der Waals surface area (Å²) in [5.41, 5.74) is 1.03. The lowest BCUT2D eigenvalue weighted by Gasteiger charge is -2.33. The van der Waals surface area contributed by atoms with E-state index in [9.17, 15) is 10.1 Å². The number of nitrogens with one attached hydrogen (secondary N) is 2. The van der Waals surface area contributed by atoms with Crippen LogP contribution >= 0.6 is 0 Å². The van der Waals surface area contributed by atoms with Crippen LogP contribution in [0.1, 0.15) is 38.2 Å². The Morgan fingerprint density at radius 2 is 2.15 bits per heavy atom. The first-order valence-corrected chi connectivity index (χ1v) is 9.70. The van der Waals surface area contributed by atoms with Gasteiger partial charge >= 0.3 is 0 Å². The molecule has 7 heteroatoms. The maximum Gasteiger partial charge on any atom is 0.269 e. The summed E-state index contributed by atoms with van der Waals surface area (Å²) in [7, 11) is 0. The molecule has 1 aliphatic heterocycles. The molecule has 1 aliphatic rings. The SMILES string of the molecule is C=CCNC(=NCc1ccc([N+](=O)[O-])cc1)NCCCN1CCCCC1C. The van der Waals surface area contributed by atoms with E-state index < -0.39 is 4.92 Å². The Labute approximate surface area is 161 Å². The van der Waals surface area contributed by atoms with Crippen LogP contribution in [0.2, 0.25) is 0 Å². The molecule has 0 saturated carbocycles. The summed E-state index contributed by atoms with van der Waals surface area (Å²) in [4.78, 5) is 17.5. The summed E-state index contributed by atoms with van der Waals surface area (Å²) in [6, 6.07) is 7.19. The summed E-state index contributed by atoms with van der Waals surface area (Å²) in [6.07, 6.45) is 6.81. The van der Waals surface area contributed by atoms with Gasteiger partial charge in [0.15, 0.2) is 5.96 Å². The fourth-order valence-electron chi connectivity index (χ4n) is 3.22. The van der Waals surface area contributed by atoms with Gasteiger partial charge in [-0.2, -0.15) is 0 Å². The van der Waals surface area contributed by atoms with E-state index in [0.29, 0.717) is 19.1 Å². The Morgan fingerprint density at radius 3 is 2.81 bits per heavy atom. The van der Waals surface area contributed by atoms with Crippen LogP contribution in [0.3, 0.4) is 0 Å². The van der Waals surface area contributed by atoms with Gasteiger partial charge in [0.2, 0.25) is 0 Å². The van der Waals surface area contributed by atoms with E-state index >= 15 is 0 Å². The van der Waals surface area contributed by atoms with Crippen molar-refractivity contribution < 1.29 is 4.92 Å². The van der Waals surface area contributed by atoms with Crippen molar-refractivity contribution in [2.45, 2.75) is 45.2 Å². The van der Waals surface area contributed by atoms with Crippen LogP contribution in [0.4, 0.5) is 5.69 Å². The molecule has 0 bridgehead atoms. The fourth-order valence-corrected chi connectivity index (χ4v) is 3.22. The molecule has 1 heterocycles. The zero-order valence-electron chi connectivity index (χ0n) is 16.2. The van der Waals surface area contributed by atoms with Gasteiger partial charge in [-0.25, -0.2) is 4.99 Å². The van der Waals surface area contributed by atoms with Gasteiger partial charge in [0.1, 0.15) is 0 Å². The lowest BCUT2D eigenvalue weighted by Crippen LogP contribution is -2.41. The normalized spacial score (nSPS) is 18.1. The average molecular weight is 374 g/mol. The van der Waals surface area contributed by atoms with Gasteiger partial charge < -0.3 is 15.5 Å². The monoisotopic (exact) mass is 373 g/mol. The van der Waals surface area contributed by atoms with Gasteiger partial charge in [-0.15, -0.1) is 6.58 Å². The van der Waals surface area contributed by atoms with E-state index in [0.717, 1.165) is 31.0 Å². The highest BCUT2D eigenvalue weighted by Gasteiger charge is 2.17. The van der Waals surface area contributed by atoms with Crippen LogP contribution in [-0.4, -0.2) is 48.0 Å². The molecule has 1 atom stereocenters. The van der Waals surface area contributed by atoms with Gasteiger partial charge in [0.25, 0.3) is 5.69 Å². The highest BCUT2D eigenvalue weighted by molar-refractivity contribution is 5.79. The summed E-state index contributed by atoms with van der Waals surface area (Å²) in [5.74, 6) is 0.736. The molecule has 0 aromatic heterocycles. The first-order valence-electron chi connectivity index (χ1n) is 9.70. The number of nitrogens with zero attached hydrogens (tertiary/aromatic N) is 3. The third-order valence-corrected chi connectivity index (χ3v) is 4.84. The summed E-state index contributed by atoms with van der Waals surface area (Å²) >= 11 is 0. The highest BCUT2D eigenvalue weighted by atomic mass is 16.6. The smallest absolute Gasteiger partial charge is 0.269 e. The number of likely N-dealkylation sites (tertiary alicyclic amines) is 1. The highest BCUT2D eigenvalue weighted by Crippen LogP contribution is 2.16. The molecule has 1 aromatic carbocycles. The first kappa shape index (κ1) is 20.9. The van der Waals surface area contributed by atoms with E-state index in [2.05, 4.69) is 34.0 Å². The van der Waals surface area contributed by atoms with E-state index in [1.165, 1.54) is 37.9 Å². The van der Waals surface area contributed by atoms with Crippen LogP contribution in [0.5, 0.6) is 0 Å². The van der Waals surface area contributed by atoms with Crippen molar-refractivity contribution in [1.29, 1.82) is 0 Å². The fraction of sp³-hybridized carbons (Fsp3) is 0.550. The third kappa shape index (κ3) is 7.38. The van der Waals surface area contributed by atoms with Crippen molar-refractivity contribution in [1.82, 2.24) is 15.5 Å². The quantitative estimate of drug-likeness (QED) is 0.174. The minimum atomic E-state index is -0.394. The van der Waals surface area contributed by atoms with Crippen molar-refractivity contribution >= 4 is 11.6 Å². The second-order valence-corrected chi connectivity index (χ2v) is 6.92. The molecule has 1 fully saturated rings. The summed E-state index contributed by atoms with van der Waals surface area (Å²) < 4.78 is 0. The Hall–Kier alpha value is -2.41. The van der Waals surface area contributed by atoms with Crippen molar-refractivity contribution in [2.75, 3.05) is 26.2 Å². The molecule has 27 heavy (non-hydrogen) atoms. The largest absolute Gasteiger partial charge is 0.356 e. The van der Waals surface area contributed by atoms with Crippen LogP contribution in [0, 0.1) is 10.1 Å². The Morgan fingerprint density at radius 1 is 1.37 bits per heavy atom. The number of benzene rings is 1. The van der Waals surface area contributed by atoms with Gasteiger partial charge in [-0.3, -0.25) is 10.1 Å². The second kappa shape index (κ2) is 11.3.